The SMILES string of the molecule is CCN(CCCN(C)C)CCC(C)(C#N)NC(C)C. The Labute approximate surface area is 119 Å². The minimum Gasteiger partial charge on any atom is -0.309 e. The van der Waals surface area contributed by atoms with Gasteiger partial charge in [0.25, 0.3) is 0 Å². The summed E-state index contributed by atoms with van der Waals surface area (Å²) in [5.41, 5.74) is -0.414. The zero-order chi connectivity index (χ0) is 14.9. The Balaban J connectivity index is 4.13. The average molecular weight is 268 g/mol. The number of nitrogens with zero attached hydrogens (tertiary/aromatic N) is 3. The Morgan fingerprint density at radius 2 is 1.84 bits per heavy atom. The van der Waals surface area contributed by atoms with Crippen LogP contribution in [0.15, 0.2) is 0 Å². The molecule has 0 amide bonds. The molecule has 112 valence electrons. The summed E-state index contributed by atoms with van der Waals surface area (Å²) in [4.78, 5) is 4.65. The van der Waals surface area contributed by atoms with Crippen molar-refractivity contribution in [1.29, 1.82) is 5.26 Å². The first-order valence-electron chi connectivity index (χ1n) is 7.39. The molecule has 1 atom stereocenters. The van der Waals surface area contributed by atoms with Crippen molar-refractivity contribution in [2.24, 2.45) is 0 Å². The Morgan fingerprint density at radius 1 is 1.21 bits per heavy atom. The van der Waals surface area contributed by atoms with Crippen molar-refractivity contribution in [2.45, 2.75) is 52.1 Å². The van der Waals surface area contributed by atoms with Gasteiger partial charge in [-0.2, -0.15) is 5.26 Å². The molecule has 0 rings (SSSR count). The van der Waals surface area contributed by atoms with Crippen LogP contribution >= 0.6 is 0 Å². The van der Waals surface area contributed by atoms with E-state index < -0.39 is 5.54 Å². The van der Waals surface area contributed by atoms with Gasteiger partial charge in [-0.15, -0.1) is 0 Å². The fourth-order valence-corrected chi connectivity index (χ4v) is 2.22. The van der Waals surface area contributed by atoms with Gasteiger partial charge in [-0.05, 0) is 67.3 Å². The quantitative estimate of drug-likeness (QED) is 0.657. The highest BCUT2D eigenvalue weighted by atomic mass is 15.1. The normalized spacial score (nSPS) is 14.9. The van der Waals surface area contributed by atoms with Crippen LogP contribution in [-0.2, 0) is 0 Å². The predicted molar refractivity (Wildman–Crippen MR) is 82.2 cm³/mol. The first kappa shape index (κ1) is 18.4. The van der Waals surface area contributed by atoms with E-state index in [1.54, 1.807) is 0 Å². The number of hydrogen-bond acceptors (Lipinski definition) is 4. The molecule has 0 saturated carbocycles. The van der Waals surface area contributed by atoms with Crippen molar-refractivity contribution in [3.05, 3.63) is 0 Å². The van der Waals surface area contributed by atoms with E-state index in [4.69, 9.17) is 0 Å². The van der Waals surface area contributed by atoms with Crippen LogP contribution < -0.4 is 5.32 Å². The molecule has 1 unspecified atom stereocenters. The van der Waals surface area contributed by atoms with Gasteiger partial charge in [0.05, 0.1) is 6.07 Å². The maximum atomic E-state index is 9.33. The largest absolute Gasteiger partial charge is 0.309 e. The van der Waals surface area contributed by atoms with Crippen LogP contribution in [0.3, 0.4) is 0 Å². The van der Waals surface area contributed by atoms with Crippen LogP contribution in [0.5, 0.6) is 0 Å². The molecule has 0 aromatic rings. The standard InChI is InChI=1S/C15H32N4/c1-7-19(11-8-10-18(5)6)12-9-15(4,13-16)17-14(2)3/h14,17H,7-12H2,1-6H3. The minimum atomic E-state index is -0.414. The fraction of sp³-hybridized carbons (Fsp3) is 0.933. The summed E-state index contributed by atoms with van der Waals surface area (Å²) in [6.45, 7) is 12.6. The summed E-state index contributed by atoms with van der Waals surface area (Å²) in [6.07, 6.45) is 2.05. The van der Waals surface area contributed by atoms with E-state index in [0.29, 0.717) is 6.04 Å². The van der Waals surface area contributed by atoms with Crippen LogP contribution in [-0.4, -0.2) is 61.7 Å². The molecule has 0 aromatic heterocycles. The Bertz CT molecular complexity index is 270. The van der Waals surface area contributed by atoms with Gasteiger partial charge in [0.2, 0.25) is 0 Å². The van der Waals surface area contributed by atoms with E-state index in [1.807, 2.05) is 6.92 Å². The topological polar surface area (TPSA) is 42.3 Å². The zero-order valence-electron chi connectivity index (χ0n) is 13.7. The lowest BCUT2D eigenvalue weighted by Crippen LogP contribution is -2.47. The molecule has 0 fully saturated rings. The van der Waals surface area contributed by atoms with E-state index in [1.165, 1.54) is 6.42 Å². The van der Waals surface area contributed by atoms with Crippen molar-refractivity contribution in [3.8, 4) is 6.07 Å². The molecular weight excluding hydrogens is 236 g/mol. The summed E-state index contributed by atoms with van der Waals surface area (Å²) in [6, 6.07) is 2.76. The first-order chi connectivity index (χ1) is 8.83. The maximum Gasteiger partial charge on any atom is 0.105 e. The lowest BCUT2D eigenvalue weighted by atomic mass is 9.98. The van der Waals surface area contributed by atoms with E-state index in [-0.39, 0.29) is 0 Å². The highest BCUT2D eigenvalue weighted by Crippen LogP contribution is 2.11. The summed E-state index contributed by atoms with van der Waals surface area (Å²) in [5.74, 6) is 0. The minimum absolute atomic E-state index is 0.341. The van der Waals surface area contributed by atoms with Gasteiger partial charge < -0.3 is 9.80 Å². The number of hydrogen-bond donors (Lipinski definition) is 1. The summed E-state index contributed by atoms with van der Waals surface area (Å²) in [5, 5.41) is 12.7. The Kier molecular flexibility index (Phi) is 8.99. The lowest BCUT2D eigenvalue weighted by Gasteiger charge is -2.29. The van der Waals surface area contributed by atoms with Crippen LogP contribution in [0.1, 0.15) is 40.5 Å². The molecule has 1 N–H and O–H groups in total. The Hall–Kier alpha value is -0.630. The van der Waals surface area contributed by atoms with Gasteiger partial charge in [-0.1, -0.05) is 6.92 Å². The fourth-order valence-electron chi connectivity index (χ4n) is 2.22. The van der Waals surface area contributed by atoms with E-state index in [9.17, 15) is 5.26 Å². The second-order valence-electron chi connectivity index (χ2n) is 6.08. The molecule has 0 aromatic carbocycles. The van der Waals surface area contributed by atoms with Gasteiger partial charge in [0.15, 0.2) is 0 Å². The molecular formula is C15H32N4. The molecule has 0 bridgehead atoms. The van der Waals surface area contributed by atoms with E-state index >= 15 is 0 Å². The number of rotatable bonds is 10. The third-order valence-electron chi connectivity index (χ3n) is 3.31. The van der Waals surface area contributed by atoms with Crippen molar-refractivity contribution in [2.75, 3.05) is 40.3 Å². The molecule has 4 heteroatoms. The first-order valence-corrected chi connectivity index (χ1v) is 7.39. The van der Waals surface area contributed by atoms with E-state index in [0.717, 1.165) is 32.6 Å². The van der Waals surface area contributed by atoms with Gasteiger partial charge in [0.1, 0.15) is 5.54 Å². The van der Waals surface area contributed by atoms with Gasteiger partial charge in [-0.3, -0.25) is 5.32 Å². The van der Waals surface area contributed by atoms with E-state index in [2.05, 4.69) is 56.1 Å². The molecule has 0 heterocycles. The summed E-state index contributed by atoms with van der Waals surface area (Å²) < 4.78 is 0. The monoisotopic (exact) mass is 268 g/mol. The molecule has 0 saturated heterocycles. The molecule has 0 aliphatic heterocycles. The van der Waals surface area contributed by atoms with Gasteiger partial charge in [-0.25, -0.2) is 0 Å². The Morgan fingerprint density at radius 3 is 2.26 bits per heavy atom. The predicted octanol–water partition coefficient (Wildman–Crippen LogP) is 1.93. The van der Waals surface area contributed by atoms with Crippen LogP contribution in [0.25, 0.3) is 0 Å². The van der Waals surface area contributed by atoms with Crippen molar-refractivity contribution < 1.29 is 0 Å². The second kappa shape index (κ2) is 9.30. The maximum absolute atomic E-state index is 9.33. The second-order valence-corrected chi connectivity index (χ2v) is 6.08. The van der Waals surface area contributed by atoms with Crippen molar-refractivity contribution >= 4 is 0 Å². The highest BCUT2D eigenvalue weighted by Gasteiger charge is 2.24. The average Bonchev–Trinajstić information content (AvgIpc) is 2.32. The van der Waals surface area contributed by atoms with Crippen LogP contribution in [0, 0.1) is 11.3 Å². The molecule has 19 heavy (non-hydrogen) atoms. The van der Waals surface area contributed by atoms with Crippen LogP contribution in [0.2, 0.25) is 0 Å². The number of nitriles is 1. The molecule has 0 radical (unpaired) electrons. The molecule has 0 aliphatic rings. The third-order valence-corrected chi connectivity index (χ3v) is 3.31. The summed E-state index contributed by atoms with van der Waals surface area (Å²) >= 11 is 0. The zero-order valence-corrected chi connectivity index (χ0v) is 13.7. The molecule has 4 nitrogen and oxygen atoms in total. The highest BCUT2D eigenvalue weighted by molar-refractivity contribution is 5.04. The van der Waals surface area contributed by atoms with Gasteiger partial charge in [0, 0.05) is 12.6 Å². The third kappa shape index (κ3) is 8.99. The number of nitrogens with one attached hydrogen (secondary N) is 1. The molecule has 0 aliphatic carbocycles. The van der Waals surface area contributed by atoms with Gasteiger partial charge >= 0.3 is 0 Å². The molecule has 0 spiro atoms. The lowest BCUT2D eigenvalue weighted by molar-refractivity contribution is 0.237. The van der Waals surface area contributed by atoms with Crippen molar-refractivity contribution in [1.82, 2.24) is 15.1 Å². The van der Waals surface area contributed by atoms with Crippen molar-refractivity contribution in [3.63, 3.8) is 0 Å². The van der Waals surface area contributed by atoms with Crippen LogP contribution in [0.4, 0.5) is 0 Å². The summed E-state index contributed by atoms with van der Waals surface area (Å²) in [7, 11) is 4.21. The smallest absolute Gasteiger partial charge is 0.105 e.